The van der Waals surface area contributed by atoms with E-state index >= 15 is 0 Å². The normalized spacial score (nSPS) is 20.8. The van der Waals surface area contributed by atoms with Crippen LogP contribution in [0.3, 0.4) is 0 Å². The van der Waals surface area contributed by atoms with Gasteiger partial charge in [0.25, 0.3) is 0 Å². The molecule has 1 aliphatic rings. The van der Waals surface area contributed by atoms with Crippen LogP contribution in [0.25, 0.3) is 11.3 Å². The number of carbonyl (C=O) groups is 1. The molecule has 1 saturated heterocycles. The number of hydrogen-bond donors (Lipinski definition) is 2. The number of hydrogen-bond acceptors (Lipinski definition) is 7. The standard InChI is InChI=1S/C22H26F6N5O5P/c1-4-13-6-18(32(3)12(13)2)19(34)33(11-38-39(35,36)37)10-14-5-17(29-9-16(14)21(23,24)25)15-7-30-20(31-8-15)22(26,27)28/h5,7-9,12-13,18H,4,6,10-11H2,1-3H3,(H2,35,36,37)/t12-,13+,18-/m0/s1. The van der Waals surface area contributed by atoms with Gasteiger partial charge in [-0.2, -0.15) is 26.3 Å². The van der Waals surface area contributed by atoms with Crippen molar-refractivity contribution >= 4 is 13.7 Å². The van der Waals surface area contributed by atoms with E-state index in [1.807, 2.05) is 13.8 Å². The number of pyridine rings is 1. The zero-order valence-corrected chi connectivity index (χ0v) is 21.8. The highest BCUT2D eigenvalue weighted by molar-refractivity contribution is 7.46. The van der Waals surface area contributed by atoms with E-state index in [0.717, 1.165) is 29.8 Å². The molecule has 1 amide bonds. The van der Waals surface area contributed by atoms with Crippen LogP contribution in [0.1, 0.15) is 43.6 Å². The van der Waals surface area contributed by atoms with Crippen LogP contribution in [0.4, 0.5) is 26.3 Å². The van der Waals surface area contributed by atoms with Crippen LogP contribution < -0.4 is 0 Å². The summed E-state index contributed by atoms with van der Waals surface area (Å²) in [5.74, 6) is -2.06. The highest BCUT2D eigenvalue weighted by Gasteiger charge is 2.42. The average molecular weight is 585 g/mol. The van der Waals surface area contributed by atoms with E-state index in [9.17, 15) is 35.7 Å². The van der Waals surface area contributed by atoms with Crippen LogP contribution >= 0.6 is 7.82 Å². The summed E-state index contributed by atoms with van der Waals surface area (Å²) in [6, 6.07) is 0.0817. The number of rotatable bonds is 8. The molecule has 1 aliphatic heterocycles. The number of phosphoric ester groups is 1. The quantitative estimate of drug-likeness (QED) is 0.267. The number of halogens is 6. The molecule has 0 saturated carbocycles. The monoisotopic (exact) mass is 585 g/mol. The molecule has 17 heteroatoms. The first-order chi connectivity index (χ1) is 17.9. The van der Waals surface area contributed by atoms with Crippen molar-refractivity contribution < 1.29 is 50.0 Å². The van der Waals surface area contributed by atoms with Crippen LogP contribution in [0.2, 0.25) is 0 Å². The Bertz CT molecular complexity index is 1220. The molecule has 0 radical (unpaired) electrons. The summed E-state index contributed by atoms with van der Waals surface area (Å²) < 4.78 is 95.8. The lowest BCUT2D eigenvalue weighted by molar-refractivity contribution is -0.145. The number of likely N-dealkylation sites (N-methyl/N-ethyl adjacent to an activating group) is 1. The van der Waals surface area contributed by atoms with E-state index in [1.54, 1.807) is 11.9 Å². The van der Waals surface area contributed by atoms with E-state index in [-0.39, 0.29) is 23.2 Å². The molecular weight excluding hydrogens is 559 g/mol. The Balaban J connectivity index is 2.01. The van der Waals surface area contributed by atoms with Gasteiger partial charge in [-0.05, 0) is 37.9 Å². The second-order valence-corrected chi connectivity index (χ2v) is 10.4. The summed E-state index contributed by atoms with van der Waals surface area (Å²) in [7, 11) is -3.44. The Kier molecular flexibility index (Phi) is 9.07. The zero-order chi connectivity index (χ0) is 29.3. The Labute approximate surface area is 219 Å². The van der Waals surface area contributed by atoms with Crippen LogP contribution in [0.15, 0.2) is 24.7 Å². The second-order valence-electron chi connectivity index (χ2n) is 9.13. The number of aromatic nitrogens is 3. The zero-order valence-electron chi connectivity index (χ0n) is 20.9. The first-order valence-corrected chi connectivity index (χ1v) is 13.1. The molecule has 216 valence electrons. The van der Waals surface area contributed by atoms with Gasteiger partial charge >= 0.3 is 20.2 Å². The van der Waals surface area contributed by atoms with Crippen LogP contribution in [-0.4, -0.2) is 66.3 Å². The van der Waals surface area contributed by atoms with Crippen molar-refractivity contribution in [2.45, 2.75) is 57.7 Å². The molecule has 2 aromatic heterocycles. The van der Waals surface area contributed by atoms with E-state index in [0.29, 0.717) is 12.6 Å². The molecule has 1 fully saturated rings. The lowest BCUT2D eigenvalue weighted by Gasteiger charge is -2.30. The van der Waals surface area contributed by atoms with Crippen LogP contribution in [-0.2, 0) is 32.8 Å². The molecule has 0 aliphatic carbocycles. The van der Waals surface area contributed by atoms with E-state index in [2.05, 4.69) is 19.5 Å². The molecule has 2 N–H and O–H groups in total. The average Bonchev–Trinajstić information content (AvgIpc) is 3.13. The van der Waals surface area contributed by atoms with Gasteiger partial charge in [0.05, 0.1) is 17.3 Å². The number of carbonyl (C=O) groups excluding carboxylic acids is 1. The predicted octanol–water partition coefficient (Wildman–Crippen LogP) is 4.09. The summed E-state index contributed by atoms with van der Waals surface area (Å²) in [4.78, 5) is 44.3. The molecule has 3 rings (SSSR count). The third kappa shape index (κ3) is 7.51. The van der Waals surface area contributed by atoms with Crippen molar-refractivity contribution in [3.8, 4) is 11.3 Å². The Morgan fingerprint density at radius 1 is 1.13 bits per heavy atom. The van der Waals surface area contributed by atoms with Gasteiger partial charge in [-0.15, -0.1) is 0 Å². The second kappa shape index (κ2) is 11.5. The topological polar surface area (TPSA) is 129 Å². The fraction of sp³-hybridized carbons (Fsp3) is 0.545. The maximum Gasteiger partial charge on any atom is 0.471 e. The van der Waals surface area contributed by atoms with Gasteiger partial charge < -0.3 is 14.7 Å². The third-order valence-electron chi connectivity index (χ3n) is 6.70. The van der Waals surface area contributed by atoms with E-state index in [1.165, 1.54) is 0 Å². The molecule has 3 heterocycles. The molecule has 0 unspecified atom stereocenters. The summed E-state index contributed by atoms with van der Waals surface area (Å²) in [6.45, 7) is 2.01. The Hall–Kier alpha value is -2.65. The van der Waals surface area contributed by atoms with E-state index < -0.39 is 62.4 Å². The maximum atomic E-state index is 13.8. The van der Waals surface area contributed by atoms with Crippen molar-refractivity contribution in [1.29, 1.82) is 0 Å². The number of amides is 1. The summed E-state index contributed by atoms with van der Waals surface area (Å²) in [5.41, 5.74) is -2.13. The van der Waals surface area contributed by atoms with Crippen molar-refractivity contribution in [1.82, 2.24) is 24.8 Å². The highest BCUT2D eigenvalue weighted by Crippen LogP contribution is 2.38. The first-order valence-electron chi connectivity index (χ1n) is 11.6. The molecule has 0 bridgehead atoms. The van der Waals surface area contributed by atoms with Crippen molar-refractivity contribution in [3.63, 3.8) is 0 Å². The number of likely N-dealkylation sites (tertiary alicyclic amines) is 1. The summed E-state index contributed by atoms with van der Waals surface area (Å²) in [6.07, 6.45) is -6.73. The Morgan fingerprint density at radius 2 is 1.74 bits per heavy atom. The summed E-state index contributed by atoms with van der Waals surface area (Å²) >= 11 is 0. The van der Waals surface area contributed by atoms with Crippen LogP contribution in [0.5, 0.6) is 0 Å². The maximum absolute atomic E-state index is 13.8. The Morgan fingerprint density at radius 3 is 2.23 bits per heavy atom. The molecule has 39 heavy (non-hydrogen) atoms. The number of nitrogens with zero attached hydrogens (tertiary/aromatic N) is 5. The minimum Gasteiger partial charge on any atom is -0.313 e. The van der Waals surface area contributed by atoms with Gasteiger partial charge in [0.2, 0.25) is 11.7 Å². The van der Waals surface area contributed by atoms with Gasteiger partial charge in [0, 0.05) is 36.7 Å². The molecular formula is C22H26F6N5O5P. The fourth-order valence-corrected chi connectivity index (χ4v) is 4.74. The molecule has 2 aromatic rings. The first kappa shape index (κ1) is 30.9. The van der Waals surface area contributed by atoms with Crippen molar-refractivity contribution in [3.05, 3.63) is 41.6 Å². The molecule has 3 atom stereocenters. The van der Waals surface area contributed by atoms with Gasteiger partial charge in [-0.1, -0.05) is 13.3 Å². The smallest absolute Gasteiger partial charge is 0.313 e. The van der Waals surface area contributed by atoms with Crippen molar-refractivity contribution in [2.75, 3.05) is 13.8 Å². The fourth-order valence-electron chi connectivity index (χ4n) is 4.45. The van der Waals surface area contributed by atoms with Crippen LogP contribution in [0, 0.1) is 5.92 Å². The van der Waals surface area contributed by atoms with Gasteiger partial charge in [0.1, 0.15) is 6.73 Å². The molecule has 10 nitrogen and oxygen atoms in total. The molecule has 0 spiro atoms. The lowest BCUT2D eigenvalue weighted by Crippen LogP contribution is -2.46. The third-order valence-corrected chi connectivity index (χ3v) is 7.15. The molecule has 0 aromatic carbocycles. The van der Waals surface area contributed by atoms with Gasteiger partial charge in [0.15, 0.2) is 0 Å². The predicted molar refractivity (Wildman–Crippen MR) is 123 cm³/mol. The highest BCUT2D eigenvalue weighted by atomic mass is 31.2. The van der Waals surface area contributed by atoms with Gasteiger partial charge in [-0.3, -0.25) is 19.2 Å². The van der Waals surface area contributed by atoms with Gasteiger partial charge in [-0.25, -0.2) is 14.5 Å². The SMILES string of the molecule is CC[C@@H]1C[C@@H](C(=O)N(COP(=O)(O)O)Cc2cc(-c3cnc(C(F)(F)F)nc3)ncc2C(F)(F)F)N(C)[C@H]1C. The minimum absolute atomic E-state index is 0.0357. The number of alkyl halides is 6. The largest absolute Gasteiger partial charge is 0.471 e. The lowest BCUT2D eigenvalue weighted by atomic mass is 9.97. The minimum atomic E-state index is -5.11. The number of phosphoric acid groups is 1. The van der Waals surface area contributed by atoms with Crippen molar-refractivity contribution in [2.24, 2.45) is 5.92 Å². The summed E-state index contributed by atoms with van der Waals surface area (Å²) in [5, 5.41) is 0. The van der Waals surface area contributed by atoms with E-state index in [4.69, 9.17) is 9.79 Å².